The maximum atomic E-state index is 6.25. The molecule has 0 aliphatic carbocycles. The van der Waals surface area contributed by atoms with Gasteiger partial charge >= 0.3 is 0 Å². The first kappa shape index (κ1) is 12.2. The van der Waals surface area contributed by atoms with Crippen molar-refractivity contribution in [1.29, 1.82) is 0 Å². The first-order valence-corrected chi connectivity index (χ1v) is 7.52. The van der Waals surface area contributed by atoms with E-state index in [2.05, 4.69) is 41.1 Å². The molecular formula is C14H14BrNOS. The van der Waals surface area contributed by atoms with Gasteiger partial charge in [-0.15, -0.1) is 11.3 Å². The van der Waals surface area contributed by atoms with Gasteiger partial charge in [0.25, 0.3) is 0 Å². The van der Waals surface area contributed by atoms with Gasteiger partial charge in [0.05, 0.1) is 0 Å². The lowest BCUT2D eigenvalue weighted by Crippen LogP contribution is -2.23. The van der Waals surface area contributed by atoms with Gasteiger partial charge in [0.2, 0.25) is 0 Å². The molecule has 1 aliphatic rings. The minimum Gasteiger partial charge on any atom is -0.484 e. The average Bonchev–Trinajstić information content (AvgIpc) is 2.77. The molecule has 0 fully saturated rings. The van der Waals surface area contributed by atoms with Crippen molar-refractivity contribution in [3.8, 4) is 5.75 Å². The van der Waals surface area contributed by atoms with Crippen LogP contribution in [0.3, 0.4) is 0 Å². The average molecular weight is 324 g/mol. The summed E-state index contributed by atoms with van der Waals surface area (Å²) in [7, 11) is 0. The zero-order valence-corrected chi connectivity index (χ0v) is 12.4. The van der Waals surface area contributed by atoms with Gasteiger partial charge in [-0.1, -0.05) is 15.9 Å². The highest BCUT2D eigenvalue weighted by atomic mass is 79.9. The smallest absolute Gasteiger partial charge is 0.135 e. The molecule has 1 aliphatic heterocycles. The van der Waals surface area contributed by atoms with Crippen molar-refractivity contribution < 1.29 is 4.74 Å². The second-order valence-electron chi connectivity index (χ2n) is 4.58. The summed E-state index contributed by atoms with van der Waals surface area (Å²) in [4.78, 5) is 2.57. The SMILES string of the molecule is Cc1ccc(C2C[C@@H](N)c3cc(Br)ccc3O2)s1. The van der Waals surface area contributed by atoms with E-state index in [1.54, 1.807) is 11.3 Å². The number of benzene rings is 1. The molecule has 1 aromatic carbocycles. The quantitative estimate of drug-likeness (QED) is 0.847. The molecule has 0 spiro atoms. The Morgan fingerprint density at radius 1 is 1.33 bits per heavy atom. The number of halogens is 1. The van der Waals surface area contributed by atoms with Crippen LogP contribution < -0.4 is 10.5 Å². The Kier molecular flexibility index (Phi) is 3.18. The molecule has 3 rings (SSSR count). The molecule has 18 heavy (non-hydrogen) atoms. The van der Waals surface area contributed by atoms with Crippen molar-refractivity contribution in [2.75, 3.05) is 0 Å². The predicted molar refractivity (Wildman–Crippen MR) is 78.1 cm³/mol. The summed E-state index contributed by atoms with van der Waals surface area (Å²) in [5.41, 5.74) is 7.35. The maximum absolute atomic E-state index is 6.25. The lowest BCUT2D eigenvalue weighted by molar-refractivity contribution is 0.165. The Morgan fingerprint density at radius 2 is 2.17 bits per heavy atom. The van der Waals surface area contributed by atoms with Crippen LogP contribution in [-0.4, -0.2) is 0 Å². The molecular weight excluding hydrogens is 310 g/mol. The Morgan fingerprint density at radius 3 is 2.89 bits per heavy atom. The summed E-state index contributed by atoms with van der Waals surface area (Å²) in [6.07, 6.45) is 0.927. The third kappa shape index (κ3) is 2.20. The van der Waals surface area contributed by atoms with Crippen LogP contribution in [0.5, 0.6) is 5.75 Å². The highest BCUT2D eigenvalue weighted by molar-refractivity contribution is 9.10. The summed E-state index contributed by atoms with van der Waals surface area (Å²) in [6, 6.07) is 10.3. The molecule has 0 saturated heterocycles. The van der Waals surface area contributed by atoms with E-state index in [9.17, 15) is 0 Å². The number of hydrogen-bond donors (Lipinski definition) is 1. The molecule has 2 heterocycles. The monoisotopic (exact) mass is 323 g/mol. The van der Waals surface area contributed by atoms with Gasteiger partial charge in [-0.05, 0) is 37.3 Å². The fourth-order valence-electron chi connectivity index (χ4n) is 2.28. The van der Waals surface area contributed by atoms with Crippen LogP contribution in [0.2, 0.25) is 0 Å². The van der Waals surface area contributed by atoms with E-state index in [0.717, 1.165) is 22.2 Å². The van der Waals surface area contributed by atoms with Crippen LogP contribution in [0.15, 0.2) is 34.8 Å². The minimum atomic E-state index is 0.0404. The number of hydrogen-bond acceptors (Lipinski definition) is 3. The molecule has 2 nitrogen and oxygen atoms in total. The van der Waals surface area contributed by atoms with Crippen molar-refractivity contribution in [3.05, 3.63) is 50.1 Å². The fraction of sp³-hybridized carbons (Fsp3) is 0.286. The molecule has 2 N–H and O–H groups in total. The van der Waals surface area contributed by atoms with E-state index >= 15 is 0 Å². The molecule has 1 unspecified atom stereocenters. The number of thiophene rings is 1. The standard InChI is InChI=1S/C14H14BrNOS/c1-8-2-5-14(18-8)13-7-11(16)10-6-9(15)3-4-12(10)17-13/h2-6,11,13H,7,16H2,1H3/t11-,13?/m1/s1. The van der Waals surface area contributed by atoms with Crippen LogP contribution in [-0.2, 0) is 0 Å². The van der Waals surface area contributed by atoms with Crippen molar-refractivity contribution in [3.63, 3.8) is 0 Å². The van der Waals surface area contributed by atoms with Crippen LogP contribution in [0.4, 0.5) is 0 Å². The third-order valence-corrected chi connectivity index (χ3v) is 4.77. The lowest BCUT2D eigenvalue weighted by atomic mass is 9.97. The van der Waals surface area contributed by atoms with Gasteiger partial charge < -0.3 is 10.5 Å². The van der Waals surface area contributed by atoms with Gasteiger partial charge in [0.15, 0.2) is 0 Å². The zero-order valence-electron chi connectivity index (χ0n) is 10.0. The van der Waals surface area contributed by atoms with Crippen LogP contribution in [0.1, 0.15) is 33.9 Å². The van der Waals surface area contributed by atoms with Crippen molar-refractivity contribution >= 4 is 27.3 Å². The molecule has 0 radical (unpaired) electrons. The number of aryl methyl sites for hydroxylation is 1. The largest absolute Gasteiger partial charge is 0.484 e. The highest BCUT2D eigenvalue weighted by Gasteiger charge is 2.27. The maximum Gasteiger partial charge on any atom is 0.135 e. The third-order valence-electron chi connectivity index (χ3n) is 3.19. The Bertz CT molecular complexity index is 581. The molecule has 94 valence electrons. The van der Waals surface area contributed by atoms with E-state index in [0.29, 0.717) is 0 Å². The lowest BCUT2D eigenvalue weighted by Gasteiger charge is -2.29. The molecule has 2 atom stereocenters. The van der Waals surface area contributed by atoms with E-state index < -0.39 is 0 Å². The van der Waals surface area contributed by atoms with E-state index in [1.807, 2.05) is 12.1 Å². The fourth-order valence-corrected chi connectivity index (χ4v) is 3.57. The second-order valence-corrected chi connectivity index (χ2v) is 6.81. The van der Waals surface area contributed by atoms with Crippen molar-refractivity contribution in [2.45, 2.75) is 25.5 Å². The van der Waals surface area contributed by atoms with Gasteiger partial charge in [0, 0.05) is 32.3 Å². The molecule has 0 saturated carbocycles. The van der Waals surface area contributed by atoms with Gasteiger partial charge in [-0.2, -0.15) is 0 Å². The molecule has 2 aromatic rings. The molecule has 1 aromatic heterocycles. The van der Waals surface area contributed by atoms with Crippen molar-refractivity contribution in [1.82, 2.24) is 0 Å². The Hall–Kier alpha value is -0.840. The van der Waals surface area contributed by atoms with E-state index in [4.69, 9.17) is 10.5 Å². The number of ether oxygens (including phenoxy) is 1. The second kappa shape index (κ2) is 4.68. The van der Waals surface area contributed by atoms with Crippen molar-refractivity contribution in [2.24, 2.45) is 5.73 Å². The van der Waals surface area contributed by atoms with Crippen LogP contribution >= 0.6 is 27.3 Å². The highest BCUT2D eigenvalue weighted by Crippen LogP contribution is 2.42. The molecule has 0 bridgehead atoms. The predicted octanol–water partition coefficient (Wildman–Crippen LogP) is 4.34. The van der Waals surface area contributed by atoms with E-state index in [1.165, 1.54) is 9.75 Å². The van der Waals surface area contributed by atoms with Gasteiger partial charge in [0.1, 0.15) is 11.9 Å². The number of rotatable bonds is 1. The van der Waals surface area contributed by atoms with Crippen LogP contribution in [0, 0.1) is 6.92 Å². The zero-order chi connectivity index (χ0) is 12.7. The Balaban J connectivity index is 1.94. The Labute approximate surface area is 119 Å². The molecule has 0 amide bonds. The summed E-state index contributed by atoms with van der Waals surface area (Å²) < 4.78 is 7.11. The van der Waals surface area contributed by atoms with Gasteiger partial charge in [-0.25, -0.2) is 0 Å². The number of nitrogens with two attached hydrogens (primary N) is 1. The summed E-state index contributed by atoms with van der Waals surface area (Å²) in [5.74, 6) is 0.910. The van der Waals surface area contributed by atoms with Crippen LogP contribution in [0.25, 0.3) is 0 Å². The summed E-state index contributed by atoms with van der Waals surface area (Å²) in [6.45, 7) is 2.11. The summed E-state index contributed by atoms with van der Waals surface area (Å²) >= 11 is 5.26. The van der Waals surface area contributed by atoms with E-state index in [-0.39, 0.29) is 12.1 Å². The van der Waals surface area contributed by atoms with Gasteiger partial charge in [-0.3, -0.25) is 0 Å². The number of fused-ring (bicyclic) bond motifs is 1. The first-order valence-electron chi connectivity index (χ1n) is 5.91. The molecule has 4 heteroatoms. The topological polar surface area (TPSA) is 35.2 Å². The summed E-state index contributed by atoms with van der Waals surface area (Å²) in [5, 5.41) is 0. The normalized spacial score (nSPS) is 22.4. The minimum absolute atomic E-state index is 0.0404. The first-order chi connectivity index (χ1) is 8.63.